The molecular formula is C25H27FN2O. The van der Waals surface area contributed by atoms with E-state index in [1.807, 2.05) is 24.3 Å². The van der Waals surface area contributed by atoms with Crippen LogP contribution in [0.25, 0.3) is 0 Å². The molecule has 0 aliphatic carbocycles. The zero-order valence-electron chi connectivity index (χ0n) is 16.9. The van der Waals surface area contributed by atoms with Crippen LogP contribution in [0.2, 0.25) is 0 Å². The van der Waals surface area contributed by atoms with Crippen LogP contribution < -0.4 is 10.6 Å². The molecule has 3 aromatic carbocycles. The number of hydrogen-bond donors (Lipinski definition) is 2. The zero-order chi connectivity index (χ0) is 20.6. The minimum atomic E-state index is -0.304. The highest BCUT2D eigenvalue weighted by molar-refractivity contribution is 5.78. The molecule has 2 N–H and O–H groups in total. The van der Waals surface area contributed by atoms with E-state index in [2.05, 4.69) is 48.7 Å². The topological polar surface area (TPSA) is 41.1 Å². The van der Waals surface area contributed by atoms with Gasteiger partial charge in [-0.3, -0.25) is 4.79 Å². The summed E-state index contributed by atoms with van der Waals surface area (Å²) in [7, 11) is 0. The Hall–Kier alpha value is -3.14. The van der Waals surface area contributed by atoms with E-state index in [1.54, 1.807) is 18.2 Å². The summed E-state index contributed by atoms with van der Waals surface area (Å²) >= 11 is 0. The summed E-state index contributed by atoms with van der Waals surface area (Å²) in [6, 6.07) is 22.9. The Morgan fingerprint density at radius 1 is 0.862 bits per heavy atom. The van der Waals surface area contributed by atoms with Gasteiger partial charge in [0.25, 0.3) is 0 Å². The highest BCUT2D eigenvalue weighted by atomic mass is 19.1. The molecule has 3 rings (SSSR count). The van der Waals surface area contributed by atoms with Crippen molar-refractivity contribution < 1.29 is 9.18 Å². The van der Waals surface area contributed by atoms with Crippen LogP contribution in [-0.4, -0.2) is 5.91 Å². The molecule has 0 unspecified atom stereocenters. The van der Waals surface area contributed by atoms with Gasteiger partial charge in [-0.05, 0) is 40.8 Å². The van der Waals surface area contributed by atoms with Crippen molar-refractivity contribution in [2.45, 2.75) is 39.3 Å². The van der Waals surface area contributed by atoms with Crippen LogP contribution in [0.5, 0.6) is 0 Å². The minimum Gasteiger partial charge on any atom is -0.381 e. The van der Waals surface area contributed by atoms with Crippen LogP contribution in [0, 0.1) is 5.82 Å². The maximum Gasteiger partial charge on any atom is 0.224 e. The van der Waals surface area contributed by atoms with Crippen molar-refractivity contribution in [1.82, 2.24) is 5.32 Å². The summed E-state index contributed by atoms with van der Waals surface area (Å²) in [5.74, 6) is 0.106. The van der Waals surface area contributed by atoms with Gasteiger partial charge in [0, 0.05) is 24.3 Å². The third kappa shape index (κ3) is 6.18. The fourth-order valence-corrected chi connectivity index (χ4v) is 3.05. The second-order valence-electron chi connectivity index (χ2n) is 7.49. The van der Waals surface area contributed by atoms with Crippen molar-refractivity contribution in [2.24, 2.45) is 0 Å². The van der Waals surface area contributed by atoms with Crippen molar-refractivity contribution in [3.63, 3.8) is 0 Å². The number of benzene rings is 3. The Morgan fingerprint density at radius 3 is 2.17 bits per heavy atom. The standard InChI is InChI=1S/C25H27FN2O/c1-18(2)21-11-7-20(8-12-21)16-27-23-13-9-19(10-14-23)15-25(29)28-17-22-5-3-4-6-24(22)26/h3-14,18,27H,15-17H2,1-2H3,(H,28,29). The second-order valence-corrected chi connectivity index (χ2v) is 7.49. The lowest BCUT2D eigenvalue weighted by molar-refractivity contribution is -0.120. The molecule has 0 fully saturated rings. The number of halogens is 1. The largest absolute Gasteiger partial charge is 0.381 e. The average Bonchev–Trinajstić information content (AvgIpc) is 2.73. The summed E-state index contributed by atoms with van der Waals surface area (Å²) in [4.78, 5) is 12.1. The molecule has 0 radical (unpaired) electrons. The smallest absolute Gasteiger partial charge is 0.224 e. The SMILES string of the molecule is CC(C)c1ccc(CNc2ccc(CC(=O)NCc3ccccc3F)cc2)cc1. The van der Waals surface area contributed by atoms with Gasteiger partial charge in [-0.15, -0.1) is 0 Å². The Morgan fingerprint density at radius 2 is 1.52 bits per heavy atom. The number of anilines is 1. The van der Waals surface area contributed by atoms with Gasteiger partial charge >= 0.3 is 0 Å². The monoisotopic (exact) mass is 390 g/mol. The summed E-state index contributed by atoms with van der Waals surface area (Å²) in [6.07, 6.45) is 0.269. The van der Waals surface area contributed by atoms with Gasteiger partial charge in [0.1, 0.15) is 5.82 Å². The van der Waals surface area contributed by atoms with Crippen LogP contribution in [0.1, 0.15) is 42.0 Å². The van der Waals surface area contributed by atoms with Gasteiger partial charge in [-0.25, -0.2) is 4.39 Å². The van der Waals surface area contributed by atoms with Crippen molar-refractivity contribution in [3.8, 4) is 0 Å². The van der Waals surface area contributed by atoms with Gasteiger partial charge in [0.15, 0.2) is 0 Å². The zero-order valence-corrected chi connectivity index (χ0v) is 16.9. The van der Waals surface area contributed by atoms with E-state index in [-0.39, 0.29) is 24.7 Å². The van der Waals surface area contributed by atoms with Gasteiger partial charge in [0.2, 0.25) is 5.91 Å². The van der Waals surface area contributed by atoms with E-state index >= 15 is 0 Å². The molecule has 1 amide bonds. The highest BCUT2D eigenvalue weighted by Gasteiger charge is 2.06. The van der Waals surface area contributed by atoms with Gasteiger partial charge in [0.05, 0.1) is 6.42 Å². The normalized spacial score (nSPS) is 10.8. The molecule has 0 atom stereocenters. The van der Waals surface area contributed by atoms with Crippen LogP contribution in [0.15, 0.2) is 72.8 Å². The summed E-state index contributed by atoms with van der Waals surface area (Å²) < 4.78 is 13.6. The summed E-state index contributed by atoms with van der Waals surface area (Å²) in [5, 5.41) is 6.17. The van der Waals surface area contributed by atoms with Gasteiger partial charge in [-0.2, -0.15) is 0 Å². The molecule has 0 heterocycles. The summed E-state index contributed by atoms with van der Waals surface area (Å²) in [6.45, 7) is 5.33. The number of carbonyl (C=O) groups is 1. The molecule has 29 heavy (non-hydrogen) atoms. The first-order valence-corrected chi connectivity index (χ1v) is 9.93. The molecule has 0 aromatic heterocycles. The van der Waals surface area contributed by atoms with Crippen LogP contribution in [-0.2, 0) is 24.3 Å². The maximum atomic E-state index is 13.6. The minimum absolute atomic E-state index is 0.126. The Bertz CT molecular complexity index is 934. The molecule has 0 aliphatic rings. The molecule has 0 bridgehead atoms. The van der Waals surface area contributed by atoms with Gasteiger partial charge < -0.3 is 10.6 Å². The third-order valence-corrected chi connectivity index (χ3v) is 4.90. The third-order valence-electron chi connectivity index (χ3n) is 4.90. The van der Waals surface area contributed by atoms with Crippen molar-refractivity contribution >= 4 is 11.6 Å². The quantitative estimate of drug-likeness (QED) is 0.539. The van der Waals surface area contributed by atoms with E-state index in [9.17, 15) is 9.18 Å². The molecule has 0 saturated heterocycles. The van der Waals surface area contributed by atoms with Crippen molar-refractivity contribution in [1.29, 1.82) is 0 Å². The molecule has 0 spiro atoms. The van der Waals surface area contributed by atoms with E-state index in [0.717, 1.165) is 17.8 Å². The summed E-state index contributed by atoms with van der Waals surface area (Å²) in [5.41, 5.74) is 4.98. The van der Waals surface area contributed by atoms with E-state index in [0.29, 0.717) is 11.5 Å². The van der Waals surface area contributed by atoms with E-state index in [4.69, 9.17) is 0 Å². The van der Waals surface area contributed by atoms with Crippen molar-refractivity contribution in [2.75, 3.05) is 5.32 Å². The van der Waals surface area contributed by atoms with Crippen LogP contribution >= 0.6 is 0 Å². The molecular weight excluding hydrogens is 363 g/mol. The van der Waals surface area contributed by atoms with E-state index < -0.39 is 0 Å². The van der Waals surface area contributed by atoms with Crippen LogP contribution in [0.4, 0.5) is 10.1 Å². The highest BCUT2D eigenvalue weighted by Crippen LogP contribution is 2.16. The molecule has 0 saturated carbocycles. The first kappa shape index (κ1) is 20.6. The number of rotatable bonds is 8. The molecule has 3 aromatic rings. The molecule has 3 nitrogen and oxygen atoms in total. The first-order valence-electron chi connectivity index (χ1n) is 9.93. The fourth-order valence-electron chi connectivity index (χ4n) is 3.05. The van der Waals surface area contributed by atoms with Gasteiger partial charge in [-0.1, -0.05) is 68.4 Å². The van der Waals surface area contributed by atoms with E-state index in [1.165, 1.54) is 17.2 Å². The van der Waals surface area contributed by atoms with Crippen LogP contribution in [0.3, 0.4) is 0 Å². The number of amides is 1. The molecule has 150 valence electrons. The Kier molecular flexibility index (Phi) is 7.01. The fraction of sp³-hybridized carbons (Fsp3) is 0.240. The van der Waals surface area contributed by atoms with Crippen molar-refractivity contribution in [3.05, 3.63) is 101 Å². The molecule has 0 aliphatic heterocycles. The number of carbonyl (C=O) groups excluding carboxylic acids is 1. The second kappa shape index (κ2) is 9.87. The number of nitrogens with one attached hydrogen (secondary N) is 2. The Labute approximate surface area is 172 Å². The maximum absolute atomic E-state index is 13.6. The Balaban J connectivity index is 1.47. The average molecular weight is 391 g/mol. The lowest BCUT2D eigenvalue weighted by Gasteiger charge is -2.10. The number of hydrogen-bond acceptors (Lipinski definition) is 2. The first-order chi connectivity index (χ1) is 14.0. The predicted molar refractivity (Wildman–Crippen MR) is 116 cm³/mol. The lowest BCUT2D eigenvalue weighted by Crippen LogP contribution is -2.25. The molecule has 4 heteroatoms. The lowest BCUT2D eigenvalue weighted by atomic mass is 10.0. The predicted octanol–water partition coefficient (Wildman–Crippen LogP) is 5.42.